The lowest BCUT2D eigenvalue weighted by molar-refractivity contribution is -0.117. The van der Waals surface area contributed by atoms with Crippen LogP contribution < -0.4 is 18.9 Å². The molecule has 10 nitrogen and oxygen atoms in total. The van der Waals surface area contributed by atoms with Crippen molar-refractivity contribution >= 4 is 36.1 Å². The largest absolute Gasteiger partial charge is 0.493 e. The highest BCUT2D eigenvalue weighted by atomic mass is 16.5. The molecule has 1 saturated heterocycles. The Balaban J connectivity index is 1.01. The number of fused-ring (bicyclic) bond motifs is 3. The number of carbonyl (C=O) groups excluding carboxylic acids is 2. The van der Waals surface area contributed by atoms with Gasteiger partial charge in [-0.05, 0) is 74.3 Å². The van der Waals surface area contributed by atoms with Crippen molar-refractivity contribution in [2.75, 3.05) is 34.0 Å². The van der Waals surface area contributed by atoms with Crippen LogP contribution in [-0.2, 0) is 17.8 Å². The van der Waals surface area contributed by atoms with Gasteiger partial charge in [-0.25, -0.2) is 0 Å². The van der Waals surface area contributed by atoms with E-state index < -0.39 is 0 Å². The van der Waals surface area contributed by atoms with E-state index in [2.05, 4.69) is 17.1 Å². The molecule has 2 unspecified atom stereocenters. The summed E-state index contributed by atoms with van der Waals surface area (Å²) < 4.78 is 23.4. The minimum Gasteiger partial charge on any atom is -0.493 e. The summed E-state index contributed by atoms with van der Waals surface area (Å²) in [6, 6.07) is 15.6. The highest BCUT2D eigenvalue weighted by molar-refractivity contribution is 6.03. The van der Waals surface area contributed by atoms with Crippen molar-refractivity contribution in [1.29, 1.82) is 0 Å². The Morgan fingerprint density at radius 1 is 0.936 bits per heavy atom. The van der Waals surface area contributed by atoms with Gasteiger partial charge >= 0.3 is 0 Å². The molecule has 0 radical (unpaired) electrons. The van der Waals surface area contributed by atoms with E-state index in [1.165, 1.54) is 11.1 Å². The zero-order valence-electron chi connectivity index (χ0n) is 27.3. The number of carbonyl (C=O) groups is 2. The van der Waals surface area contributed by atoms with Crippen molar-refractivity contribution in [3.8, 4) is 23.0 Å². The summed E-state index contributed by atoms with van der Waals surface area (Å²) in [5.41, 5.74) is 5.32. The van der Waals surface area contributed by atoms with Gasteiger partial charge in [0.05, 0.1) is 56.5 Å². The third kappa shape index (κ3) is 7.11. The second kappa shape index (κ2) is 14.7. The molecule has 0 N–H and O–H groups in total. The summed E-state index contributed by atoms with van der Waals surface area (Å²) in [5, 5.41) is 0. The number of benzene rings is 3. The van der Waals surface area contributed by atoms with Crippen LogP contribution in [0.5, 0.6) is 23.0 Å². The molecule has 2 atom stereocenters. The van der Waals surface area contributed by atoms with Crippen molar-refractivity contribution in [2.24, 2.45) is 9.98 Å². The molecule has 3 aromatic carbocycles. The van der Waals surface area contributed by atoms with Gasteiger partial charge in [0, 0.05) is 37.7 Å². The summed E-state index contributed by atoms with van der Waals surface area (Å²) in [7, 11) is 3.21. The molecule has 2 amide bonds. The molecule has 10 heteroatoms. The van der Waals surface area contributed by atoms with Crippen molar-refractivity contribution in [3.05, 3.63) is 70.8 Å². The van der Waals surface area contributed by atoms with Gasteiger partial charge in [0.2, 0.25) is 6.41 Å². The quantitative estimate of drug-likeness (QED) is 0.125. The minimum atomic E-state index is -0.0899. The van der Waals surface area contributed by atoms with Crippen LogP contribution in [0, 0.1) is 6.92 Å². The van der Waals surface area contributed by atoms with Gasteiger partial charge in [-0.2, -0.15) is 0 Å². The maximum Gasteiger partial charge on any atom is 0.257 e. The maximum atomic E-state index is 13.6. The SMILES string of the molecule is COc1cc(C)c(N=CC2CCCN2C=O)cc1OCCCCCOc1cc2c(cc1OC)C(=O)N1Cc3ccccc3CC1C=N2. The first-order valence-electron chi connectivity index (χ1n) is 16.3. The highest BCUT2D eigenvalue weighted by Gasteiger charge is 2.33. The summed E-state index contributed by atoms with van der Waals surface area (Å²) in [6.07, 6.45) is 9.82. The van der Waals surface area contributed by atoms with Gasteiger partial charge in [-0.15, -0.1) is 0 Å². The highest BCUT2D eigenvalue weighted by Crippen LogP contribution is 2.39. The average Bonchev–Trinajstić information content (AvgIpc) is 3.52. The Labute approximate surface area is 276 Å². The lowest BCUT2D eigenvalue weighted by atomic mass is 9.94. The number of likely N-dealkylation sites (tertiary alicyclic amines) is 1. The fourth-order valence-corrected chi connectivity index (χ4v) is 6.40. The van der Waals surface area contributed by atoms with Crippen LogP contribution in [0.4, 0.5) is 11.4 Å². The predicted molar refractivity (Wildman–Crippen MR) is 181 cm³/mol. The van der Waals surface area contributed by atoms with E-state index in [1.807, 2.05) is 54.6 Å². The number of aliphatic imine (C=N–C) groups is 2. The lowest BCUT2D eigenvalue weighted by Crippen LogP contribution is -2.44. The first kappa shape index (κ1) is 32.1. The Kier molecular flexibility index (Phi) is 10.0. The van der Waals surface area contributed by atoms with E-state index >= 15 is 0 Å². The molecule has 1 fully saturated rings. The van der Waals surface area contributed by atoms with Crippen molar-refractivity contribution in [2.45, 2.75) is 64.1 Å². The normalized spacial score (nSPS) is 18.4. The summed E-state index contributed by atoms with van der Waals surface area (Å²) in [4.78, 5) is 38.0. The number of hydrogen-bond donors (Lipinski definition) is 0. The Morgan fingerprint density at radius 2 is 1.66 bits per heavy atom. The van der Waals surface area contributed by atoms with Crippen LogP contribution in [0.3, 0.4) is 0 Å². The molecule has 3 heterocycles. The number of unbranched alkanes of at least 4 members (excludes halogenated alkanes) is 2. The second-order valence-electron chi connectivity index (χ2n) is 12.1. The molecule has 3 aliphatic rings. The van der Waals surface area contributed by atoms with Gasteiger partial charge < -0.3 is 28.7 Å². The molecule has 0 aromatic heterocycles. The zero-order chi connectivity index (χ0) is 32.8. The molecule has 47 heavy (non-hydrogen) atoms. The molecule has 246 valence electrons. The number of aryl methyl sites for hydroxylation is 1. The summed E-state index contributed by atoms with van der Waals surface area (Å²) in [6.45, 7) is 4.32. The molecule has 0 aliphatic carbocycles. The number of rotatable bonds is 13. The Hall–Kier alpha value is -4.86. The van der Waals surface area contributed by atoms with Crippen LogP contribution in [0.2, 0.25) is 0 Å². The zero-order valence-corrected chi connectivity index (χ0v) is 27.3. The van der Waals surface area contributed by atoms with Crippen LogP contribution in [0.15, 0.2) is 58.5 Å². The van der Waals surface area contributed by atoms with E-state index in [0.717, 1.165) is 62.7 Å². The van der Waals surface area contributed by atoms with Gasteiger partial charge in [-0.1, -0.05) is 24.3 Å². The Morgan fingerprint density at radius 3 is 2.40 bits per heavy atom. The van der Waals surface area contributed by atoms with Gasteiger partial charge in [0.1, 0.15) is 0 Å². The molecule has 6 rings (SSSR count). The van der Waals surface area contributed by atoms with Crippen LogP contribution in [-0.4, -0.2) is 80.6 Å². The van der Waals surface area contributed by atoms with Gasteiger partial charge in [0.25, 0.3) is 5.91 Å². The van der Waals surface area contributed by atoms with Crippen molar-refractivity contribution in [3.63, 3.8) is 0 Å². The van der Waals surface area contributed by atoms with Gasteiger partial charge in [-0.3, -0.25) is 19.6 Å². The molecule has 0 spiro atoms. The number of ether oxygens (including phenoxy) is 4. The molecule has 0 bridgehead atoms. The fraction of sp³-hybridized carbons (Fsp3) is 0.405. The monoisotopic (exact) mass is 638 g/mol. The van der Waals surface area contributed by atoms with Gasteiger partial charge in [0.15, 0.2) is 23.0 Å². The second-order valence-corrected chi connectivity index (χ2v) is 12.1. The topological polar surface area (TPSA) is 102 Å². The average molecular weight is 639 g/mol. The molecule has 0 saturated carbocycles. The first-order valence-corrected chi connectivity index (χ1v) is 16.3. The standard InChI is InChI=1S/C37H42N4O6/c1-25-16-33(44-2)35(19-31(25)38-21-28-12-9-13-40(28)24-42)46-14-7-4-8-15-47-36-20-32-30(18-34(36)45-3)37(43)41-23-27-11-6-5-10-26(27)17-29(41)22-39-32/h5-6,10-11,16,18-22,24,28-29H,4,7-9,12-15,17,23H2,1-3H3. The van der Waals surface area contributed by atoms with Crippen LogP contribution >= 0.6 is 0 Å². The summed E-state index contributed by atoms with van der Waals surface area (Å²) in [5.74, 6) is 2.34. The first-order chi connectivity index (χ1) is 23.0. The number of methoxy groups -OCH3 is 2. The smallest absolute Gasteiger partial charge is 0.257 e. The maximum absolute atomic E-state index is 13.6. The Bertz CT molecular complexity index is 1670. The molecule has 3 aliphatic heterocycles. The number of nitrogens with zero attached hydrogens (tertiary/aromatic N) is 4. The van der Waals surface area contributed by atoms with E-state index in [9.17, 15) is 9.59 Å². The molecular weight excluding hydrogens is 596 g/mol. The number of amides is 2. The van der Waals surface area contributed by atoms with Crippen LogP contribution in [0.25, 0.3) is 0 Å². The molecular formula is C37H42N4O6. The minimum absolute atomic E-state index is 0.0300. The number of hydrogen-bond acceptors (Lipinski definition) is 8. The van der Waals surface area contributed by atoms with E-state index in [-0.39, 0.29) is 18.0 Å². The fourth-order valence-electron chi connectivity index (χ4n) is 6.40. The third-order valence-corrected chi connectivity index (χ3v) is 9.10. The third-order valence-electron chi connectivity index (χ3n) is 9.10. The lowest BCUT2D eigenvalue weighted by Gasteiger charge is -2.34. The molecule has 3 aromatic rings. The van der Waals surface area contributed by atoms with E-state index in [0.29, 0.717) is 54.0 Å². The van der Waals surface area contributed by atoms with Crippen molar-refractivity contribution < 1.29 is 28.5 Å². The van der Waals surface area contributed by atoms with E-state index in [1.54, 1.807) is 25.2 Å². The van der Waals surface area contributed by atoms with Crippen LogP contribution in [0.1, 0.15) is 59.2 Å². The summed E-state index contributed by atoms with van der Waals surface area (Å²) >= 11 is 0. The predicted octanol–water partition coefficient (Wildman–Crippen LogP) is 6.25. The van der Waals surface area contributed by atoms with E-state index in [4.69, 9.17) is 23.9 Å². The van der Waals surface area contributed by atoms with Crippen molar-refractivity contribution in [1.82, 2.24) is 9.80 Å².